The highest BCUT2D eigenvalue weighted by Gasteiger charge is 2.02. The van der Waals surface area contributed by atoms with Gasteiger partial charge in [-0.1, -0.05) is 51.4 Å². The highest BCUT2D eigenvalue weighted by atomic mass is 79.9. The normalized spacial score (nSPS) is 10.6. The second kappa shape index (κ2) is 8.29. The quantitative estimate of drug-likeness (QED) is 0.631. The Balaban J connectivity index is 1.72. The lowest BCUT2D eigenvalue weighted by molar-refractivity contribution is -0.125. The summed E-state index contributed by atoms with van der Waals surface area (Å²) in [5, 5.41) is 6.40. The van der Waals surface area contributed by atoms with Gasteiger partial charge in [0.05, 0.1) is 6.21 Å². The molecule has 0 saturated carbocycles. The number of nitrogens with one attached hydrogen (secondary N) is 1. The van der Waals surface area contributed by atoms with Gasteiger partial charge in [-0.3, -0.25) is 4.79 Å². The fraction of sp³-hybridized carbons (Fsp3) is 0.125. The fourth-order valence-corrected chi connectivity index (χ4v) is 2.01. The molecule has 0 atom stereocenters. The topological polar surface area (TPSA) is 50.7 Å². The van der Waals surface area contributed by atoms with Crippen molar-refractivity contribution in [2.45, 2.75) is 6.54 Å². The predicted molar refractivity (Wildman–Crippen MR) is 85.9 cm³/mol. The zero-order chi connectivity index (χ0) is 15.8. The van der Waals surface area contributed by atoms with Crippen molar-refractivity contribution in [2.24, 2.45) is 5.16 Å². The maximum atomic E-state index is 12.7. The van der Waals surface area contributed by atoms with Crippen LogP contribution in [0.5, 0.6) is 0 Å². The van der Waals surface area contributed by atoms with Crippen LogP contribution in [-0.2, 0) is 16.2 Å². The molecule has 0 fully saturated rings. The van der Waals surface area contributed by atoms with Crippen molar-refractivity contribution in [1.82, 2.24) is 5.32 Å². The van der Waals surface area contributed by atoms with E-state index in [0.29, 0.717) is 6.54 Å². The number of rotatable bonds is 6. The van der Waals surface area contributed by atoms with Gasteiger partial charge in [0.2, 0.25) is 0 Å². The van der Waals surface area contributed by atoms with Crippen LogP contribution in [-0.4, -0.2) is 18.7 Å². The number of benzene rings is 2. The molecule has 0 heterocycles. The molecule has 114 valence electrons. The minimum Gasteiger partial charge on any atom is -0.386 e. The molecule has 0 bridgehead atoms. The van der Waals surface area contributed by atoms with Gasteiger partial charge in [0.25, 0.3) is 5.91 Å². The average Bonchev–Trinajstić information content (AvgIpc) is 2.52. The maximum Gasteiger partial charge on any atom is 0.261 e. The van der Waals surface area contributed by atoms with Gasteiger partial charge in [-0.2, -0.15) is 0 Å². The number of halogens is 2. The van der Waals surface area contributed by atoms with Gasteiger partial charge in [0.1, 0.15) is 5.82 Å². The van der Waals surface area contributed by atoms with Crippen molar-refractivity contribution >= 4 is 28.1 Å². The second-order valence-electron chi connectivity index (χ2n) is 4.43. The number of hydrogen-bond acceptors (Lipinski definition) is 3. The lowest BCUT2D eigenvalue weighted by Gasteiger charge is -2.04. The van der Waals surface area contributed by atoms with E-state index in [1.54, 1.807) is 12.1 Å². The first-order chi connectivity index (χ1) is 10.6. The molecule has 0 aliphatic heterocycles. The molecule has 0 aromatic heterocycles. The first-order valence-corrected chi connectivity index (χ1v) is 7.35. The Kier molecular flexibility index (Phi) is 6.09. The average molecular weight is 365 g/mol. The Bertz CT molecular complexity index is 659. The van der Waals surface area contributed by atoms with Gasteiger partial charge < -0.3 is 10.2 Å². The smallest absolute Gasteiger partial charge is 0.261 e. The molecular weight excluding hydrogens is 351 g/mol. The van der Waals surface area contributed by atoms with Crippen LogP contribution < -0.4 is 5.32 Å². The summed E-state index contributed by atoms with van der Waals surface area (Å²) in [7, 11) is 0. The number of carbonyl (C=O) groups excluding carboxylic acids is 1. The van der Waals surface area contributed by atoms with E-state index in [-0.39, 0.29) is 18.3 Å². The summed E-state index contributed by atoms with van der Waals surface area (Å²) in [6, 6.07) is 13.4. The first-order valence-electron chi connectivity index (χ1n) is 6.56. The number of amides is 1. The zero-order valence-corrected chi connectivity index (χ0v) is 13.2. The van der Waals surface area contributed by atoms with Crippen molar-refractivity contribution in [1.29, 1.82) is 0 Å². The molecule has 0 aliphatic carbocycles. The molecule has 0 unspecified atom stereocenters. The summed E-state index contributed by atoms with van der Waals surface area (Å²) in [5.41, 5.74) is 1.67. The van der Waals surface area contributed by atoms with Gasteiger partial charge in [-0.05, 0) is 23.8 Å². The minimum atomic E-state index is -0.306. The van der Waals surface area contributed by atoms with Crippen molar-refractivity contribution in [2.75, 3.05) is 6.61 Å². The molecule has 22 heavy (non-hydrogen) atoms. The van der Waals surface area contributed by atoms with E-state index in [0.717, 1.165) is 15.6 Å². The van der Waals surface area contributed by atoms with Crippen LogP contribution in [0.1, 0.15) is 11.1 Å². The van der Waals surface area contributed by atoms with Crippen LogP contribution in [0.3, 0.4) is 0 Å². The monoisotopic (exact) mass is 364 g/mol. The second-order valence-corrected chi connectivity index (χ2v) is 5.29. The highest BCUT2D eigenvalue weighted by Crippen LogP contribution is 2.13. The van der Waals surface area contributed by atoms with Crippen LogP contribution in [0, 0.1) is 5.82 Å². The third kappa shape index (κ3) is 5.29. The molecule has 2 rings (SSSR count). The largest absolute Gasteiger partial charge is 0.386 e. The molecule has 1 amide bonds. The van der Waals surface area contributed by atoms with Gasteiger partial charge >= 0.3 is 0 Å². The molecule has 2 aromatic rings. The Morgan fingerprint density at radius 2 is 1.95 bits per heavy atom. The van der Waals surface area contributed by atoms with Crippen molar-refractivity contribution in [3.05, 3.63) is 69.9 Å². The van der Waals surface area contributed by atoms with Crippen LogP contribution in [0.4, 0.5) is 4.39 Å². The number of nitrogens with zero attached hydrogens (tertiary/aromatic N) is 1. The van der Waals surface area contributed by atoms with Gasteiger partial charge in [0, 0.05) is 16.6 Å². The summed E-state index contributed by atoms with van der Waals surface area (Å²) >= 11 is 3.38. The van der Waals surface area contributed by atoms with Gasteiger partial charge in [0.15, 0.2) is 6.61 Å². The molecule has 2 aromatic carbocycles. The van der Waals surface area contributed by atoms with E-state index in [1.807, 2.05) is 24.3 Å². The Labute approximate surface area is 136 Å². The molecule has 0 saturated heterocycles. The molecule has 4 nitrogen and oxygen atoms in total. The maximum absolute atomic E-state index is 12.7. The van der Waals surface area contributed by atoms with Crippen LogP contribution in [0.15, 0.2) is 58.2 Å². The summed E-state index contributed by atoms with van der Waals surface area (Å²) in [6.45, 7) is 0.137. The third-order valence-electron chi connectivity index (χ3n) is 2.77. The summed E-state index contributed by atoms with van der Waals surface area (Å²) in [5.74, 6) is -0.603. The van der Waals surface area contributed by atoms with Crippen molar-refractivity contribution in [3.8, 4) is 0 Å². The Morgan fingerprint density at radius 1 is 1.23 bits per heavy atom. The van der Waals surface area contributed by atoms with Gasteiger partial charge in [-0.15, -0.1) is 0 Å². The van der Waals surface area contributed by atoms with Crippen LogP contribution >= 0.6 is 15.9 Å². The molecule has 0 aliphatic rings. The van der Waals surface area contributed by atoms with E-state index >= 15 is 0 Å². The van der Waals surface area contributed by atoms with E-state index in [9.17, 15) is 9.18 Å². The summed E-state index contributed by atoms with van der Waals surface area (Å²) in [4.78, 5) is 16.5. The molecule has 1 N–H and O–H groups in total. The van der Waals surface area contributed by atoms with E-state index in [2.05, 4.69) is 26.4 Å². The first kappa shape index (κ1) is 16.2. The number of hydrogen-bond donors (Lipinski definition) is 1. The standard InChI is InChI=1S/C16H14BrFN2O2/c17-15-4-2-1-3-13(15)10-20-22-11-16(21)19-9-12-5-7-14(18)8-6-12/h1-8,10H,9,11H2,(H,19,21)/b20-10-. The highest BCUT2D eigenvalue weighted by molar-refractivity contribution is 9.10. The Hall–Kier alpha value is -2.21. The number of oxime groups is 1. The number of carbonyl (C=O) groups is 1. The molecule has 0 spiro atoms. The van der Waals surface area contributed by atoms with Crippen LogP contribution in [0.2, 0.25) is 0 Å². The van der Waals surface area contributed by atoms with Crippen molar-refractivity contribution < 1.29 is 14.0 Å². The predicted octanol–water partition coefficient (Wildman–Crippen LogP) is 3.26. The minimum absolute atomic E-state index is 0.178. The third-order valence-corrected chi connectivity index (χ3v) is 3.49. The van der Waals surface area contributed by atoms with E-state index < -0.39 is 0 Å². The summed E-state index contributed by atoms with van der Waals surface area (Å²) in [6.07, 6.45) is 1.53. The lowest BCUT2D eigenvalue weighted by atomic mass is 10.2. The Morgan fingerprint density at radius 3 is 2.68 bits per heavy atom. The van der Waals surface area contributed by atoms with E-state index in [1.165, 1.54) is 18.3 Å². The van der Waals surface area contributed by atoms with Crippen molar-refractivity contribution in [3.63, 3.8) is 0 Å². The SMILES string of the molecule is O=C(CO/N=C\c1ccccc1Br)NCc1ccc(F)cc1. The molecule has 6 heteroatoms. The zero-order valence-electron chi connectivity index (χ0n) is 11.6. The fourth-order valence-electron chi connectivity index (χ4n) is 1.62. The molecule has 0 radical (unpaired) electrons. The summed E-state index contributed by atoms with van der Waals surface area (Å²) < 4.78 is 13.6. The molecular formula is C16H14BrFN2O2. The van der Waals surface area contributed by atoms with E-state index in [4.69, 9.17) is 4.84 Å². The van der Waals surface area contributed by atoms with Gasteiger partial charge in [-0.25, -0.2) is 4.39 Å². The lowest BCUT2D eigenvalue weighted by Crippen LogP contribution is -2.26. The van der Waals surface area contributed by atoms with Crippen LogP contribution in [0.25, 0.3) is 0 Å².